The van der Waals surface area contributed by atoms with Gasteiger partial charge < -0.3 is 14.6 Å². The van der Waals surface area contributed by atoms with Gasteiger partial charge in [0.15, 0.2) is 0 Å². The maximum Gasteiger partial charge on any atom is 0.311 e. The monoisotopic (exact) mass is 286 g/mol. The van der Waals surface area contributed by atoms with Crippen LogP contribution in [0.4, 0.5) is 0 Å². The van der Waals surface area contributed by atoms with E-state index in [1.54, 1.807) is 17.9 Å². The van der Waals surface area contributed by atoms with Crippen molar-refractivity contribution < 1.29 is 14.7 Å². The number of aromatic nitrogens is 1. The Morgan fingerprint density at radius 2 is 2.05 bits per heavy atom. The third kappa shape index (κ3) is 2.09. The summed E-state index contributed by atoms with van der Waals surface area (Å²) in [5.41, 5.74) is 0.809. The van der Waals surface area contributed by atoms with Gasteiger partial charge in [0.05, 0.1) is 5.41 Å². The number of hydrogen-bond donors (Lipinski definition) is 1. The maximum absolute atomic E-state index is 12.7. The quantitative estimate of drug-likeness (QED) is 0.919. The lowest BCUT2D eigenvalue weighted by Crippen LogP contribution is -2.34. The smallest absolute Gasteiger partial charge is 0.311 e. The van der Waals surface area contributed by atoms with Gasteiger partial charge in [-0.3, -0.25) is 9.59 Å². The van der Waals surface area contributed by atoms with Crippen LogP contribution in [-0.2, 0) is 11.8 Å². The average molecular weight is 286 g/mol. The Morgan fingerprint density at radius 1 is 1.29 bits per heavy atom. The third-order valence-electron chi connectivity index (χ3n) is 4.44. The molecule has 1 atom stereocenters. The first-order chi connectivity index (χ1) is 9.92. The molecule has 1 fully saturated rings. The molecule has 0 radical (unpaired) electrons. The number of amides is 1. The molecule has 1 unspecified atom stereocenters. The minimum absolute atomic E-state index is 0.0863. The van der Waals surface area contributed by atoms with Crippen molar-refractivity contribution in [2.75, 3.05) is 13.1 Å². The number of likely N-dealkylation sites (tertiary alicyclic amines) is 1. The number of fused-ring (bicyclic) bond motifs is 1. The molecule has 0 spiro atoms. The zero-order valence-electron chi connectivity index (χ0n) is 12.2. The van der Waals surface area contributed by atoms with Gasteiger partial charge in [-0.2, -0.15) is 0 Å². The number of aliphatic carboxylic acids is 1. The van der Waals surface area contributed by atoms with Crippen LogP contribution in [0.1, 0.15) is 23.7 Å². The summed E-state index contributed by atoms with van der Waals surface area (Å²) >= 11 is 0. The normalized spacial score (nSPS) is 21.9. The molecule has 1 aliphatic heterocycles. The number of hydrogen-bond acceptors (Lipinski definition) is 2. The van der Waals surface area contributed by atoms with E-state index >= 15 is 0 Å². The second-order valence-electron chi connectivity index (χ2n) is 6.01. The molecule has 2 aromatic rings. The van der Waals surface area contributed by atoms with Crippen LogP contribution in [0.5, 0.6) is 0 Å². The van der Waals surface area contributed by atoms with Gasteiger partial charge in [-0.15, -0.1) is 0 Å². The van der Waals surface area contributed by atoms with Crippen molar-refractivity contribution in [3.05, 3.63) is 36.0 Å². The van der Waals surface area contributed by atoms with Crippen molar-refractivity contribution >= 4 is 22.8 Å². The number of aryl methyl sites for hydroxylation is 1. The van der Waals surface area contributed by atoms with Crippen LogP contribution in [0.3, 0.4) is 0 Å². The minimum atomic E-state index is -0.837. The Balaban J connectivity index is 1.94. The van der Waals surface area contributed by atoms with Crippen molar-refractivity contribution in [3.8, 4) is 0 Å². The predicted octanol–water partition coefficient (Wildman–Crippen LogP) is 2.12. The zero-order chi connectivity index (χ0) is 15.2. The number of carboxylic acid groups (broad SMARTS) is 1. The molecule has 5 nitrogen and oxygen atoms in total. The Hall–Kier alpha value is -2.30. The Morgan fingerprint density at radius 3 is 2.71 bits per heavy atom. The van der Waals surface area contributed by atoms with Crippen LogP contribution < -0.4 is 0 Å². The predicted molar refractivity (Wildman–Crippen MR) is 79.2 cm³/mol. The highest BCUT2D eigenvalue weighted by Gasteiger charge is 2.42. The number of benzene rings is 1. The molecule has 3 rings (SSSR count). The van der Waals surface area contributed by atoms with Crippen molar-refractivity contribution in [1.82, 2.24) is 9.47 Å². The van der Waals surface area contributed by atoms with Crippen LogP contribution in [0, 0.1) is 5.41 Å². The molecule has 1 aliphatic rings. The second-order valence-corrected chi connectivity index (χ2v) is 6.01. The van der Waals surface area contributed by atoms with E-state index in [-0.39, 0.29) is 12.5 Å². The van der Waals surface area contributed by atoms with Crippen molar-refractivity contribution in [1.29, 1.82) is 0 Å². The second kappa shape index (κ2) is 4.62. The molecule has 21 heavy (non-hydrogen) atoms. The fraction of sp³-hybridized carbons (Fsp3) is 0.375. The number of carbonyl (C=O) groups is 2. The van der Waals surface area contributed by atoms with E-state index in [1.165, 1.54) is 0 Å². The highest BCUT2D eigenvalue weighted by Crippen LogP contribution is 2.32. The molecule has 1 saturated heterocycles. The first kappa shape index (κ1) is 13.7. The highest BCUT2D eigenvalue weighted by atomic mass is 16.4. The first-order valence-corrected chi connectivity index (χ1v) is 6.99. The van der Waals surface area contributed by atoms with E-state index < -0.39 is 11.4 Å². The molecule has 1 amide bonds. The van der Waals surface area contributed by atoms with E-state index in [2.05, 4.69) is 0 Å². The summed E-state index contributed by atoms with van der Waals surface area (Å²) < 4.78 is 1.97. The van der Waals surface area contributed by atoms with E-state index in [0.717, 1.165) is 10.9 Å². The Bertz CT molecular complexity index is 734. The fourth-order valence-electron chi connectivity index (χ4n) is 2.97. The lowest BCUT2D eigenvalue weighted by atomic mass is 9.90. The van der Waals surface area contributed by atoms with Crippen LogP contribution in [0.25, 0.3) is 10.9 Å². The lowest BCUT2D eigenvalue weighted by molar-refractivity contribution is -0.147. The number of rotatable bonds is 2. The van der Waals surface area contributed by atoms with Crippen LogP contribution in [0.15, 0.2) is 30.5 Å². The molecule has 1 N–H and O–H groups in total. The van der Waals surface area contributed by atoms with E-state index in [4.69, 9.17) is 0 Å². The van der Waals surface area contributed by atoms with Crippen LogP contribution in [-0.4, -0.2) is 39.5 Å². The topological polar surface area (TPSA) is 62.5 Å². The van der Waals surface area contributed by atoms with Gasteiger partial charge in [-0.25, -0.2) is 0 Å². The minimum Gasteiger partial charge on any atom is -0.481 e. The SMILES string of the molecule is Cn1ccc2c(C(=O)N3CCC(C)(C(=O)O)C3)cccc21. The van der Waals surface area contributed by atoms with E-state index in [9.17, 15) is 14.7 Å². The summed E-state index contributed by atoms with van der Waals surface area (Å²) in [7, 11) is 1.94. The molecular weight excluding hydrogens is 268 g/mol. The standard InChI is InChI=1S/C16H18N2O3/c1-16(15(20)21)7-9-18(10-16)14(19)12-4-3-5-13-11(12)6-8-17(13)2/h3-6,8H,7,9-10H2,1-2H3,(H,20,21). The summed E-state index contributed by atoms with van der Waals surface area (Å²) in [6, 6.07) is 7.57. The summed E-state index contributed by atoms with van der Waals surface area (Å²) in [5, 5.41) is 10.2. The number of nitrogens with zero attached hydrogens (tertiary/aromatic N) is 2. The maximum atomic E-state index is 12.7. The highest BCUT2D eigenvalue weighted by molar-refractivity contribution is 6.06. The molecule has 5 heteroatoms. The van der Waals surface area contributed by atoms with E-state index in [0.29, 0.717) is 18.5 Å². The number of carboxylic acids is 1. The summed E-state index contributed by atoms with van der Waals surface area (Å²) in [5.74, 6) is -0.924. The van der Waals surface area contributed by atoms with Gasteiger partial charge in [-0.05, 0) is 31.5 Å². The molecule has 0 bridgehead atoms. The summed E-state index contributed by atoms with van der Waals surface area (Å²) in [4.78, 5) is 25.7. The lowest BCUT2D eigenvalue weighted by Gasteiger charge is -2.20. The largest absolute Gasteiger partial charge is 0.481 e. The molecule has 1 aromatic heterocycles. The van der Waals surface area contributed by atoms with Gasteiger partial charge >= 0.3 is 5.97 Å². The Labute approximate surface area is 122 Å². The van der Waals surface area contributed by atoms with E-state index in [1.807, 2.05) is 36.0 Å². The van der Waals surface area contributed by atoms with Gasteiger partial charge in [0.25, 0.3) is 5.91 Å². The Kier molecular flexibility index (Phi) is 3.01. The summed E-state index contributed by atoms with van der Waals surface area (Å²) in [6.07, 6.45) is 2.42. The van der Waals surface area contributed by atoms with Crippen molar-refractivity contribution in [2.24, 2.45) is 12.5 Å². The first-order valence-electron chi connectivity index (χ1n) is 6.99. The zero-order valence-corrected chi connectivity index (χ0v) is 12.2. The molecular formula is C16H18N2O3. The van der Waals surface area contributed by atoms with Crippen molar-refractivity contribution in [2.45, 2.75) is 13.3 Å². The van der Waals surface area contributed by atoms with Gasteiger partial charge in [0, 0.05) is 42.8 Å². The third-order valence-corrected chi connectivity index (χ3v) is 4.44. The van der Waals surface area contributed by atoms with Gasteiger partial charge in [-0.1, -0.05) is 6.07 Å². The average Bonchev–Trinajstić information content (AvgIpc) is 3.03. The van der Waals surface area contributed by atoms with Gasteiger partial charge in [0.1, 0.15) is 0 Å². The number of carbonyl (C=O) groups excluding carboxylic acids is 1. The molecule has 0 aliphatic carbocycles. The van der Waals surface area contributed by atoms with Gasteiger partial charge in [0.2, 0.25) is 0 Å². The molecule has 0 saturated carbocycles. The fourth-order valence-corrected chi connectivity index (χ4v) is 2.97. The molecule has 1 aromatic carbocycles. The summed E-state index contributed by atoms with van der Waals surface area (Å²) in [6.45, 7) is 2.46. The molecule has 110 valence electrons. The van der Waals surface area contributed by atoms with Crippen LogP contribution in [0.2, 0.25) is 0 Å². The van der Waals surface area contributed by atoms with Crippen molar-refractivity contribution in [3.63, 3.8) is 0 Å². The molecule has 2 heterocycles. The van der Waals surface area contributed by atoms with Crippen LogP contribution >= 0.6 is 0 Å².